The molecule has 1 aliphatic rings. The first-order valence-corrected chi connectivity index (χ1v) is 8.49. The Balaban J connectivity index is 1.32. The molecule has 2 heterocycles. The SMILES string of the molecule is O=C(Cn1nnc2ccccc21)OCC(=O)N1CCc2ccccc2C1. The molecule has 2 aromatic carbocycles. The minimum atomic E-state index is -0.508. The molecule has 0 N–H and O–H groups in total. The van der Waals surface area contributed by atoms with Crippen LogP contribution in [0.4, 0.5) is 0 Å². The van der Waals surface area contributed by atoms with Crippen LogP contribution in [0, 0.1) is 0 Å². The first-order chi connectivity index (χ1) is 12.7. The summed E-state index contributed by atoms with van der Waals surface area (Å²) in [5, 5.41) is 7.94. The van der Waals surface area contributed by atoms with Crippen LogP contribution in [0.25, 0.3) is 11.0 Å². The van der Waals surface area contributed by atoms with Gasteiger partial charge in [0.25, 0.3) is 5.91 Å². The second-order valence-corrected chi connectivity index (χ2v) is 6.23. The number of rotatable bonds is 4. The highest BCUT2D eigenvalue weighted by atomic mass is 16.5. The molecule has 1 aliphatic heterocycles. The minimum absolute atomic E-state index is 0.0728. The Morgan fingerprint density at radius 1 is 1.04 bits per heavy atom. The molecule has 0 saturated heterocycles. The van der Waals surface area contributed by atoms with Gasteiger partial charge in [0.1, 0.15) is 12.1 Å². The van der Waals surface area contributed by atoms with E-state index in [1.54, 1.807) is 4.90 Å². The van der Waals surface area contributed by atoms with Crippen molar-refractivity contribution in [3.8, 4) is 0 Å². The number of amides is 1. The molecule has 3 aromatic rings. The number of benzene rings is 2. The van der Waals surface area contributed by atoms with E-state index in [1.165, 1.54) is 10.2 Å². The van der Waals surface area contributed by atoms with Crippen molar-refractivity contribution in [1.82, 2.24) is 19.9 Å². The summed E-state index contributed by atoms with van der Waals surface area (Å²) in [4.78, 5) is 26.1. The number of ether oxygens (including phenoxy) is 1. The number of carbonyl (C=O) groups is 2. The molecule has 0 bridgehead atoms. The largest absolute Gasteiger partial charge is 0.454 e. The Labute approximate surface area is 150 Å². The van der Waals surface area contributed by atoms with Crippen LogP contribution in [0.2, 0.25) is 0 Å². The second-order valence-electron chi connectivity index (χ2n) is 6.23. The molecular weight excluding hydrogens is 332 g/mol. The number of nitrogens with zero attached hydrogens (tertiary/aromatic N) is 4. The highest BCUT2D eigenvalue weighted by Gasteiger charge is 2.21. The zero-order valence-electron chi connectivity index (χ0n) is 14.2. The zero-order chi connectivity index (χ0) is 17.9. The molecule has 0 spiro atoms. The zero-order valence-corrected chi connectivity index (χ0v) is 14.2. The maximum absolute atomic E-state index is 12.3. The Kier molecular flexibility index (Phi) is 4.35. The van der Waals surface area contributed by atoms with Gasteiger partial charge in [-0.15, -0.1) is 5.10 Å². The van der Waals surface area contributed by atoms with Gasteiger partial charge in [-0.2, -0.15) is 0 Å². The van der Waals surface area contributed by atoms with E-state index in [0.29, 0.717) is 18.6 Å². The average Bonchev–Trinajstić information content (AvgIpc) is 3.08. The molecule has 1 aromatic heterocycles. The molecule has 0 radical (unpaired) electrons. The van der Waals surface area contributed by atoms with Gasteiger partial charge in [0, 0.05) is 13.1 Å². The molecule has 1 amide bonds. The average molecular weight is 350 g/mol. The topological polar surface area (TPSA) is 77.3 Å². The van der Waals surface area contributed by atoms with E-state index < -0.39 is 5.97 Å². The van der Waals surface area contributed by atoms with Crippen LogP contribution in [0.5, 0.6) is 0 Å². The van der Waals surface area contributed by atoms with E-state index in [9.17, 15) is 9.59 Å². The lowest BCUT2D eigenvalue weighted by Gasteiger charge is -2.28. The van der Waals surface area contributed by atoms with Gasteiger partial charge in [-0.3, -0.25) is 9.59 Å². The standard InChI is InChI=1S/C19H18N4O3/c24-18(22-10-9-14-5-1-2-6-15(14)11-22)13-26-19(25)12-23-17-8-4-3-7-16(17)20-21-23/h1-8H,9-13H2. The van der Waals surface area contributed by atoms with Crippen LogP contribution in [0.1, 0.15) is 11.1 Å². The summed E-state index contributed by atoms with van der Waals surface area (Å²) in [6, 6.07) is 15.4. The highest BCUT2D eigenvalue weighted by molar-refractivity contribution is 5.81. The Morgan fingerprint density at radius 2 is 1.81 bits per heavy atom. The normalized spacial score (nSPS) is 13.5. The fraction of sp³-hybridized carbons (Fsp3) is 0.263. The van der Waals surface area contributed by atoms with Crippen molar-refractivity contribution in [1.29, 1.82) is 0 Å². The lowest BCUT2D eigenvalue weighted by atomic mass is 10.00. The summed E-state index contributed by atoms with van der Waals surface area (Å²) in [5.41, 5.74) is 3.88. The van der Waals surface area contributed by atoms with Crippen molar-refractivity contribution in [3.63, 3.8) is 0 Å². The van der Waals surface area contributed by atoms with Crippen LogP contribution in [-0.2, 0) is 33.8 Å². The van der Waals surface area contributed by atoms with Crippen molar-refractivity contribution in [2.45, 2.75) is 19.5 Å². The summed E-state index contributed by atoms with van der Waals surface area (Å²) in [5.74, 6) is -0.692. The van der Waals surface area contributed by atoms with Gasteiger partial charge >= 0.3 is 5.97 Å². The van der Waals surface area contributed by atoms with Crippen molar-refractivity contribution >= 4 is 22.9 Å². The Hall–Kier alpha value is -3.22. The molecule has 0 saturated carbocycles. The fourth-order valence-corrected chi connectivity index (χ4v) is 3.14. The number of hydrogen-bond donors (Lipinski definition) is 0. The smallest absolute Gasteiger partial charge is 0.328 e. The number of hydrogen-bond acceptors (Lipinski definition) is 5. The third kappa shape index (κ3) is 3.28. The maximum Gasteiger partial charge on any atom is 0.328 e. The third-order valence-electron chi connectivity index (χ3n) is 4.54. The Morgan fingerprint density at radius 3 is 2.69 bits per heavy atom. The van der Waals surface area contributed by atoms with Gasteiger partial charge in [-0.1, -0.05) is 41.6 Å². The van der Waals surface area contributed by atoms with Gasteiger partial charge in [0.15, 0.2) is 6.61 Å². The number of fused-ring (bicyclic) bond motifs is 2. The van der Waals surface area contributed by atoms with Crippen LogP contribution < -0.4 is 0 Å². The molecular formula is C19H18N4O3. The first-order valence-electron chi connectivity index (χ1n) is 8.49. The van der Waals surface area contributed by atoms with Crippen LogP contribution in [-0.4, -0.2) is 44.9 Å². The van der Waals surface area contributed by atoms with E-state index in [1.807, 2.05) is 42.5 Å². The van der Waals surface area contributed by atoms with Gasteiger partial charge in [0.05, 0.1) is 5.52 Å². The molecule has 7 nitrogen and oxygen atoms in total. The van der Waals surface area contributed by atoms with Gasteiger partial charge in [0.2, 0.25) is 0 Å². The second kappa shape index (κ2) is 6.95. The van der Waals surface area contributed by atoms with E-state index in [2.05, 4.69) is 16.4 Å². The van der Waals surface area contributed by atoms with Crippen LogP contribution >= 0.6 is 0 Å². The van der Waals surface area contributed by atoms with E-state index >= 15 is 0 Å². The van der Waals surface area contributed by atoms with Crippen molar-refractivity contribution in [2.75, 3.05) is 13.2 Å². The molecule has 4 rings (SSSR count). The van der Waals surface area contributed by atoms with Crippen molar-refractivity contribution < 1.29 is 14.3 Å². The molecule has 132 valence electrons. The van der Waals surface area contributed by atoms with Gasteiger partial charge in [-0.25, -0.2) is 4.68 Å². The monoisotopic (exact) mass is 350 g/mol. The summed E-state index contributed by atoms with van der Waals surface area (Å²) >= 11 is 0. The van der Waals surface area contributed by atoms with Crippen molar-refractivity contribution in [2.24, 2.45) is 0 Å². The summed E-state index contributed by atoms with van der Waals surface area (Å²) in [6.45, 7) is 0.867. The number of aromatic nitrogens is 3. The van der Waals surface area contributed by atoms with E-state index in [4.69, 9.17) is 4.74 Å². The van der Waals surface area contributed by atoms with Crippen molar-refractivity contribution in [3.05, 3.63) is 59.7 Å². The summed E-state index contributed by atoms with van der Waals surface area (Å²) in [7, 11) is 0. The predicted molar refractivity (Wildman–Crippen MR) is 94.1 cm³/mol. The number of esters is 1. The molecule has 0 aliphatic carbocycles. The molecule has 7 heteroatoms. The highest BCUT2D eigenvalue weighted by Crippen LogP contribution is 2.18. The van der Waals surface area contributed by atoms with Crippen LogP contribution in [0.15, 0.2) is 48.5 Å². The van der Waals surface area contributed by atoms with Gasteiger partial charge < -0.3 is 9.64 Å². The lowest BCUT2D eigenvalue weighted by molar-refractivity contribution is -0.153. The van der Waals surface area contributed by atoms with E-state index in [-0.39, 0.29) is 19.1 Å². The first kappa shape index (κ1) is 16.3. The summed E-state index contributed by atoms with van der Waals surface area (Å²) in [6.07, 6.45) is 0.820. The minimum Gasteiger partial charge on any atom is -0.454 e. The lowest BCUT2D eigenvalue weighted by Crippen LogP contribution is -2.38. The third-order valence-corrected chi connectivity index (χ3v) is 4.54. The molecule has 0 fully saturated rings. The summed E-state index contributed by atoms with van der Waals surface area (Å²) < 4.78 is 6.62. The molecule has 0 unspecified atom stereocenters. The quantitative estimate of drug-likeness (QED) is 0.668. The maximum atomic E-state index is 12.3. The number of para-hydroxylation sites is 1. The van der Waals surface area contributed by atoms with Gasteiger partial charge in [-0.05, 0) is 29.7 Å². The number of carbonyl (C=O) groups excluding carboxylic acids is 2. The van der Waals surface area contributed by atoms with Crippen LogP contribution in [0.3, 0.4) is 0 Å². The molecule has 0 atom stereocenters. The molecule has 26 heavy (non-hydrogen) atoms. The predicted octanol–water partition coefficient (Wildman–Crippen LogP) is 1.56. The Bertz CT molecular complexity index is 966. The van der Waals surface area contributed by atoms with E-state index in [0.717, 1.165) is 17.5 Å². The fourth-order valence-electron chi connectivity index (χ4n) is 3.14.